The van der Waals surface area contributed by atoms with Crippen molar-refractivity contribution in [3.63, 3.8) is 0 Å². The van der Waals surface area contributed by atoms with Crippen LogP contribution < -0.4 is 4.90 Å². The van der Waals surface area contributed by atoms with E-state index in [0.717, 1.165) is 29.8 Å². The average molecular weight is 286 g/mol. The predicted octanol–water partition coefficient (Wildman–Crippen LogP) is 2.17. The first-order valence-corrected chi connectivity index (χ1v) is 6.25. The van der Waals surface area contributed by atoms with Crippen LogP contribution >= 0.6 is 15.9 Å². The van der Waals surface area contributed by atoms with Crippen LogP contribution in [0.25, 0.3) is 0 Å². The zero-order chi connectivity index (χ0) is 11.5. The van der Waals surface area contributed by atoms with Crippen molar-refractivity contribution in [1.29, 1.82) is 0 Å². The van der Waals surface area contributed by atoms with E-state index in [1.165, 1.54) is 5.69 Å². The molecule has 0 aromatic heterocycles. The molecule has 88 valence electrons. The zero-order valence-corrected chi connectivity index (χ0v) is 10.9. The van der Waals surface area contributed by atoms with Gasteiger partial charge >= 0.3 is 0 Å². The van der Waals surface area contributed by atoms with Crippen molar-refractivity contribution in [2.24, 2.45) is 0 Å². The minimum absolute atomic E-state index is 0.0809. The van der Waals surface area contributed by atoms with E-state index in [0.29, 0.717) is 6.04 Å². The van der Waals surface area contributed by atoms with Crippen LogP contribution in [0.2, 0.25) is 0 Å². The molecule has 3 nitrogen and oxygen atoms in total. The number of hydrogen-bond acceptors (Lipinski definition) is 3. The Labute approximate surface area is 104 Å². The molecule has 2 rings (SSSR count). The quantitative estimate of drug-likeness (QED) is 0.904. The highest BCUT2D eigenvalue weighted by Gasteiger charge is 2.20. The Bertz CT molecular complexity index is 370. The molecule has 1 saturated heterocycles. The second-order valence-corrected chi connectivity index (χ2v) is 4.92. The smallest absolute Gasteiger partial charge is 0.0682 e. The molecule has 1 aliphatic rings. The number of anilines is 1. The van der Waals surface area contributed by atoms with Gasteiger partial charge in [-0.05, 0) is 40.5 Å². The number of morpholine rings is 1. The second-order valence-electron chi connectivity index (χ2n) is 4.06. The molecular weight excluding hydrogens is 270 g/mol. The number of halogens is 1. The van der Waals surface area contributed by atoms with E-state index in [2.05, 4.69) is 33.8 Å². The van der Waals surface area contributed by atoms with Gasteiger partial charge in [0, 0.05) is 17.1 Å². The third kappa shape index (κ3) is 2.39. The van der Waals surface area contributed by atoms with E-state index in [1.54, 1.807) is 0 Å². The van der Waals surface area contributed by atoms with Gasteiger partial charge in [0.2, 0.25) is 0 Å². The Balaban J connectivity index is 2.25. The zero-order valence-electron chi connectivity index (χ0n) is 9.32. The minimum atomic E-state index is 0.0809. The molecule has 0 bridgehead atoms. The van der Waals surface area contributed by atoms with Crippen LogP contribution in [0.1, 0.15) is 12.5 Å². The van der Waals surface area contributed by atoms with E-state index in [-0.39, 0.29) is 6.61 Å². The van der Waals surface area contributed by atoms with Crippen molar-refractivity contribution in [1.82, 2.24) is 0 Å². The lowest BCUT2D eigenvalue weighted by Gasteiger charge is -2.36. The lowest BCUT2D eigenvalue weighted by molar-refractivity contribution is 0.0989. The summed E-state index contributed by atoms with van der Waals surface area (Å²) >= 11 is 3.56. The van der Waals surface area contributed by atoms with E-state index < -0.39 is 0 Å². The molecule has 16 heavy (non-hydrogen) atoms. The lowest BCUT2D eigenvalue weighted by Crippen LogP contribution is -2.43. The monoisotopic (exact) mass is 285 g/mol. The van der Waals surface area contributed by atoms with Gasteiger partial charge in [-0.25, -0.2) is 0 Å². The Morgan fingerprint density at radius 2 is 2.38 bits per heavy atom. The normalized spacial score (nSPS) is 21.2. The van der Waals surface area contributed by atoms with Gasteiger partial charge in [0.25, 0.3) is 0 Å². The number of aliphatic hydroxyl groups excluding tert-OH is 1. The summed E-state index contributed by atoms with van der Waals surface area (Å²) in [6, 6.07) is 6.38. The number of rotatable bonds is 2. The molecule has 1 aromatic rings. The van der Waals surface area contributed by atoms with Crippen LogP contribution in [-0.4, -0.2) is 30.9 Å². The van der Waals surface area contributed by atoms with Gasteiger partial charge in [-0.3, -0.25) is 0 Å². The molecule has 1 aromatic carbocycles. The average Bonchev–Trinajstić information content (AvgIpc) is 2.30. The molecule has 4 heteroatoms. The van der Waals surface area contributed by atoms with E-state index >= 15 is 0 Å². The van der Waals surface area contributed by atoms with E-state index in [4.69, 9.17) is 9.84 Å². The van der Waals surface area contributed by atoms with Crippen LogP contribution in [0, 0.1) is 0 Å². The van der Waals surface area contributed by atoms with E-state index in [1.807, 2.05) is 12.1 Å². The van der Waals surface area contributed by atoms with Crippen molar-refractivity contribution in [3.05, 3.63) is 28.2 Å². The lowest BCUT2D eigenvalue weighted by atomic mass is 10.1. The first-order chi connectivity index (χ1) is 7.72. The summed E-state index contributed by atoms with van der Waals surface area (Å²) in [4.78, 5) is 2.33. The summed E-state index contributed by atoms with van der Waals surface area (Å²) in [6.07, 6.45) is 0. The topological polar surface area (TPSA) is 32.7 Å². The van der Waals surface area contributed by atoms with Crippen LogP contribution in [-0.2, 0) is 11.3 Å². The van der Waals surface area contributed by atoms with Gasteiger partial charge in [-0.15, -0.1) is 0 Å². The summed E-state index contributed by atoms with van der Waals surface area (Å²) in [6.45, 7) is 4.70. The third-order valence-electron chi connectivity index (χ3n) is 2.87. The minimum Gasteiger partial charge on any atom is -0.392 e. The molecule has 1 atom stereocenters. The third-order valence-corrected chi connectivity index (χ3v) is 3.51. The maximum absolute atomic E-state index is 9.06. The maximum Gasteiger partial charge on any atom is 0.0682 e. The molecule has 0 amide bonds. The largest absolute Gasteiger partial charge is 0.392 e. The van der Waals surface area contributed by atoms with Gasteiger partial charge in [-0.1, -0.05) is 6.07 Å². The predicted molar refractivity (Wildman–Crippen MR) is 67.7 cm³/mol. The number of aliphatic hydroxyl groups is 1. The fourth-order valence-corrected chi connectivity index (χ4v) is 2.62. The van der Waals surface area contributed by atoms with Crippen LogP contribution in [0.3, 0.4) is 0 Å². The van der Waals surface area contributed by atoms with Crippen LogP contribution in [0.4, 0.5) is 5.69 Å². The van der Waals surface area contributed by atoms with Gasteiger partial charge in [0.05, 0.1) is 25.5 Å². The highest BCUT2D eigenvalue weighted by atomic mass is 79.9. The summed E-state index contributed by atoms with van der Waals surface area (Å²) in [5.41, 5.74) is 2.10. The van der Waals surface area contributed by atoms with Crippen LogP contribution in [0.15, 0.2) is 22.7 Å². The van der Waals surface area contributed by atoms with Crippen molar-refractivity contribution in [2.75, 3.05) is 24.7 Å². The maximum atomic E-state index is 9.06. The highest BCUT2D eigenvalue weighted by Crippen LogP contribution is 2.29. The summed E-state index contributed by atoms with van der Waals surface area (Å²) in [5, 5.41) is 9.06. The Hall–Kier alpha value is -0.580. The van der Waals surface area contributed by atoms with Gasteiger partial charge in [0.15, 0.2) is 0 Å². The summed E-state index contributed by atoms with van der Waals surface area (Å²) in [7, 11) is 0. The molecule has 1 fully saturated rings. The number of benzene rings is 1. The van der Waals surface area contributed by atoms with Gasteiger partial charge in [-0.2, -0.15) is 0 Å². The molecule has 0 radical (unpaired) electrons. The van der Waals surface area contributed by atoms with Crippen molar-refractivity contribution in [3.8, 4) is 0 Å². The summed E-state index contributed by atoms with van der Waals surface area (Å²) < 4.78 is 6.46. The Morgan fingerprint density at radius 1 is 1.56 bits per heavy atom. The second kappa shape index (κ2) is 5.17. The molecule has 0 spiro atoms. The van der Waals surface area contributed by atoms with E-state index in [9.17, 15) is 0 Å². The first-order valence-electron chi connectivity index (χ1n) is 5.46. The fraction of sp³-hybridized carbons (Fsp3) is 0.500. The molecule has 1 N–H and O–H groups in total. The number of hydrogen-bond donors (Lipinski definition) is 1. The molecule has 1 aliphatic heterocycles. The molecule has 0 aliphatic carbocycles. The van der Waals surface area contributed by atoms with Crippen LogP contribution in [0.5, 0.6) is 0 Å². The van der Waals surface area contributed by atoms with Crippen molar-refractivity contribution >= 4 is 21.6 Å². The molecular formula is C12H16BrNO2. The first kappa shape index (κ1) is 11.9. The number of ether oxygens (including phenoxy) is 1. The SMILES string of the molecule is CC1COCCN1c1ccc(CO)cc1Br. The highest BCUT2D eigenvalue weighted by molar-refractivity contribution is 9.10. The van der Waals surface area contributed by atoms with Crippen molar-refractivity contribution in [2.45, 2.75) is 19.6 Å². The van der Waals surface area contributed by atoms with Gasteiger partial charge < -0.3 is 14.7 Å². The van der Waals surface area contributed by atoms with Crippen molar-refractivity contribution < 1.29 is 9.84 Å². The number of nitrogens with zero attached hydrogens (tertiary/aromatic N) is 1. The summed E-state index contributed by atoms with van der Waals surface area (Å²) in [5.74, 6) is 0. The molecule has 1 unspecified atom stereocenters. The standard InChI is InChI=1S/C12H16BrNO2/c1-9-8-16-5-4-14(9)12-3-2-10(7-15)6-11(12)13/h2-3,6,9,15H,4-5,7-8H2,1H3. The van der Waals surface area contributed by atoms with Gasteiger partial charge in [0.1, 0.15) is 0 Å². The molecule has 0 saturated carbocycles. The Kier molecular flexibility index (Phi) is 3.84. The fourth-order valence-electron chi connectivity index (χ4n) is 1.97. The Morgan fingerprint density at radius 3 is 3.00 bits per heavy atom. The molecule has 1 heterocycles.